The van der Waals surface area contributed by atoms with Crippen LogP contribution in [0, 0.1) is 11.3 Å². The van der Waals surface area contributed by atoms with E-state index in [1.165, 1.54) is 6.20 Å². The summed E-state index contributed by atoms with van der Waals surface area (Å²) in [7, 11) is 0. The quantitative estimate of drug-likeness (QED) is 0.809. The van der Waals surface area contributed by atoms with Crippen LogP contribution in [0.25, 0.3) is 0 Å². The molecule has 1 N–H and O–H groups in total. The van der Waals surface area contributed by atoms with E-state index in [1.807, 2.05) is 18.2 Å². The molecule has 144 valence electrons. The van der Waals surface area contributed by atoms with Gasteiger partial charge in [0.05, 0.1) is 6.07 Å². The fraction of sp³-hybridized carbons (Fsp3) is 0.333. The van der Waals surface area contributed by atoms with Crippen LogP contribution in [-0.2, 0) is 22.4 Å². The zero-order valence-corrected chi connectivity index (χ0v) is 16.0. The van der Waals surface area contributed by atoms with E-state index in [1.54, 1.807) is 18.2 Å². The second-order valence-corrected chi connectivity index (χ2v) is 7.20. The highest BCUT2D eigenvalue weighted by molar-refractivity contribution is 6.31. The van der Waals surface area contributed by atoms with Crippen LogP contribution in [0.3, 0.4) is 0 Å². The molecule has 1 aliphatic heterocycles. The highest BCUT2D eigenvalue weighted by atomic mass is 35.5. The number of Topliss-reactive ketones (excluding diaryl/α,β-unsaturated/α-hetero) is 1. The Morgan fingerprint density at radius 2 is 1.96 bits per heavy atom. The minimum absolute atomic E-state index is 0.0106. The Bertz CT molecular complexity index is 917. The number of carbonyl (C=O) groups excluding carboxylic acids is 2. The lowest BCUT2D eigenvalue weighted by atomic mass is 9.91. The van der Waals surface area contributed by atoms with Crippen molar-refractivity contribution in [1.82, 2.24) is 10.3 Å². The Balaban J connectivity index is 1.66. The van der Waals surface area contributed by atoms with Crippen molar-refractivity contribution in [3.8, 4) is 6.07 Å². The van der Waals surface area contributed by atoms with E-state index in [0.29, 0.717) is 36.6 Å². The van der Waals surface area contributed by atoms with E-state index >= 15 is 0 Å². The molecule has 1 saturated heterocycles. The average Bonchev–Trinajstić information content (AvgIpc) is 2.70. The highest BCUT2D eigenvalue weighted by Gasteiger charge is 2.34. The van der Waals surface area contributed by atoms with Gasteiger partial charge in [0.2, 0.25) is 0 Å². The van der Waals surface area contributed by atoms with E-state index in [0.717, 1.165) is 5.56 Å². The van der Waals surface area contributed by atoms with Gasteiger partial charge in [0.25, 0.3) is 5.91 Å². The van der Waals surface area contributed by atoms with Crippen LogP contribution in [0.5, 0.6) is 0 Å². The van der Waals surface area contributed by atoms with Gasteiger partial charge < -0.3 is 10.1 Å². The summed E-state index contributed by atoms with van der Waals surface area (Å²) in [5.74, 6) is -0.438. The van der Waals surface area contributed by atoms with Gasteiger partial charge >= 0.3 is 0 Å². The molecule has 2 heterocycles. The summed E-state index contributed by atoms with van der Waals surface area (Å²) in [4.78, 5) is 29.1. The number of amides is 1. The van der Waals surface area contributed by atoms with Crippen LogP contribution in [0.15, 0.2) is 42.6 Å². The molecule has 0 spiro atoms. The van der Waals surface area contributed by atoms with Crippen molar-refractivity contribution in [3.63, 3.8) is 0 Å². The first-order valence-electron chi connectivity index (χ1n) is 9.03. The molecule has 1 aromatic carbocycles. The second-order valence-electron chi connectivity index (χ2n) is 6.79. The smallest absolute Gasteiger partial charge is 0.271 e. The third-order valence-electron chi connectivity index (χ3n) is 4.72. The van der Waals surface area contributed by atoms with E-state index < -0.39 is 11.4 Å². The lowest BCUT2D eigenvalue weighted by Crippen LogP contribution is -2.51. The van der Waals surface area contributed by atoms with Crippen LogP contribution in [0.1, 0.15) is 34.5 Å². The number of hydrogen-bond donors (Lipinski definition) is 1. The topological polar surface area (TPSA) is 92.1 Å². The van der Waals surface area contributed by atoms with Crippen LogP contribution in [0.2, 0.25) is 5.02 Å². The van der Waals surface area contributed by atoms with E-state index in [-0.39, 0.29) is 24.3 Å². The molecule has 1 aliphatic rings. The first-order valence-corrected chi connectivity index (χ1v) is 9.41. The molecule has 0 atom stereocenters. The molecule has 3 rings (SSSR count). The maximum Gasteiger partial charge on any atom is 0.271 e. The van der Waals surface area contributed by atoms with Crippen molar-refractivity contribution in [2.45, 2.75) is 31.2 Å². The van der Waals surface area contributed by atoms with Gasteiger partial charge in [-0.1, -0.05) is 29.8 Å². The van der Waals surface area contributed by atoms with E-state index in [4.69, 9.17) is 16.3 Å². The number of nitrogens with zero attached hydrogens (tertiary/aromatic N) is 2. The third kappa shape index (κ3) is 4.94. The molecule has 0 unspecified atom stereocenters. The summed E-state index contributed by atoms with van der Waals surface area (Å²) in [6.07, 6.45) is 2.76. The number of nitriles is 1. The predicted octanol–water partition coefficient (Wildman–Crippen LogP) is 2.89. The monoisotopic (exact) mass is 397 g/mol. The molecule has 0 saturated carbocycles. The van der Waals surface area contributed by atoms with Crippen molar-refractivity contribution < 1.29 is 14.3 Å². The first-order chi connectivity index (χ1) is 13.5. The summed E-state index contributed by atoms with van der Waals surface area (Å²) in [6, 6.07) is 12.7. The average molecular weight is 398 g/mol. The second kappa shape index (κ2) is 8.96. The van der Waals surface area contributed by atoms with Gasteiger partial charge in [-0.25, -0.2) is 0 Å². The SMILES string of the molecule is N#CC1(NC(=O)c2cc(CC(=O)Cc3ccccc3Cl)ccn2)CCOCC1. The molecular weight excluding hydrogens is 378 g/mol. The minimum atomic E-state index is -0.938. The third-order valence-corrected chi connectivity index (χ3v) is 5.09. The van der Waals surface area contributed by atoms with Gasteiger partial charge in [-0.3, -0.25) is 14.6 Å². The molecule has 0 aliphatic carbocycles. The van der Waals surface area contributed by atoms with Crippen molar-refractivity contribution >= 4 is 23.3 Å². The van der Waals surface area contributed by atoms with Crippen molar-refractivity contribution in [1.29, 1.82) is 5.26 Å². The molecule has 0 radical (unpaired) electrons. The summed E-state index contributed by atoms with van der Waals surface area (Å²) < 4.78 is 5.27. The summed E-state index contributed by atoms with van der Waals surface area (Å²) >= 11 is 6.11. The predicted molar refractivity (Wildman–Crippen MR) is 104 cm³/mol. The zero-order chi connectivity index (χ0) is 20.0. The largest absolute Gasteiger partial charge is 0.381 e. The number of ketones is 1. The fourth-order valence-electron chi connectivity index (χ4n) is 3.12. The number of ether oxygens (including phenoxy) is 1. The number of halogens is 1. The van der Waals surface area contributed by atoms with Gasteiger partial charge in [-0.05, 0) is 29.3 Å². The van der Waals surface area contributed by atoms with Crippen LogP contribution in [0.4, 0.5) is 0 Å². The number of benzene rings is 1. The van der Waals surface area contributed by atoms with Gasteiger partial charge in [0, 0.05) is 50.1 Å². The molecule has 28 heavy (non-hydrogen) atoms. The molecule has 1 fully saturated rings. The lowest BCUT2D eigenvalue weighted by molar-refractivity contribution is -0.117. The lowest BCUT2D eigenvalue weighted by Gasteiger charge is -2.31. The molecule has 7 heteroatoms. The van der Waals surface area contributed by atoms with Gasteiger partial charge in [0.1, 0.15) is 17.0 Å². The molecule has 1 aromatic heterocycles. The summed E-state index contributed by atoms with van der Waals surface area (Å²) in [5, 5.41) is 12.8. The van der Waals surface area contributed by atoms with Crippen LogP contribution >= 0.6 is 11.6 Å². The van der Waals surface area contributed by atoms with E-state index in [9.17, 15) is 14.9 Å². The first kappa shape index (κ1) is 20.0. The maximum absolute atomic E-state index is 12.6. The number of nitrogens with one attached hydrogen (secondary N) is 1. The van der Waals surface area contributed by atoms with Gasteiger partial charge in [-0.15, -0.1) is 0 Å². The molecule has 2 aromatic rings. The zero-order valence-electron chi connectivity index (χ0n) is 15.3. The fourth-order valence-corrected chi connectivity index (χ4v) is 3.32. The Hall–Kier alpha value is -2.75. The Morgan fingerprint density at radius 1 is 1.21 bits per heavy atom. The minimum Gasteiger partial charge on any atom is -0.381 e. The Kier molecular flexibility index (Phi) is 6.40. The van der Waals surface area contributed by atoms with Crippen molar-refractivity contribution in [2.24, 2.45) is 0 Å². The van der Waals surface area contributed by atoms with Gasteiger partial charge in [-0.2, -0.15) is 5.26 Å². The molecule has 6 nitrogen and oxygen atoms in total. The number of hydrogen-bond acceptors (Lipinski definition) is 5. The Labute approximate surface area is 168 Å². The molecule has 1 amide bonds. The summed E-state index contributed by atoms with van der Waals surface area (Å²) in [6.45, 7) is 0.857. The number of carbonyl (C=O) groups is 2. The van der Waals surface area contributed by atoms with Crippen molar-refractivity contribution in [2.75, 3.05) is 13.2 Å². The van der Waals surface area contributed by atoms with E-state index in [2.05, 4.69) is 16.4 Å². The number of pyridine rings is 1. The van der Waals surface area contributed by atoms with Crippen LogP contribution < -0.4 is 5.32 Å². The van der Waals surface area contributed by atoms with Crippen molar-refractivity contribution in [3.05, 3.63) is 64.4 Å². The maximum atomic E-state index is 12.6. The normalized spacial score (nSPS) is 15.4. The van der Waals surface area contributed by atoms with Gasteiger partial charge in [0.15, 0.2) is 0 Å². The Morgan fingerprint density at radius 3 is 2.68 bits per heavy atom. The molecule has 0 bridgehead atoms. The highest BCUT2D eigenvalue weighted by Crippen LogP contribution is 2.20. The van der Waals surface area contributed by atoms with Crippen LogP contribution in [-0.4, -0.2) is 35.4 Å². The number of aromatic nitrogens is 1. The molecular formula is C21H20ClN3O3. The number of rotatable bonds is 6. The summed E-state index contributed by atoms with van der Waals surface area (Å²) in [5.41, 5.74) is 0.711. The standard InChI is InChI=1S/C21H20ClN3O3/c22-18-4-2-1-3-16(18)13-17(26)11-15-5-8-24-19(12-15)20(27)25-21(14-23)6-9-28-10-7-21/h1-5,8,12H,6-7,9-11,13H2,(H,25,27).